The van der Waals surface area contributed by atoms with Gasteiger partial charge in [-0.3, -0.25) is 4.79 Å². The Labute approximate surface area is 150 Å². The molecule has 2 bridgehead atoms. The summed E-state index contributed by atoms with van der Waals surface area (Å²) >= 11 is 0. The Hall–Kier alpha value is -1.07. The molecule has 0 aliphatic heterocycles. The predicted octanol–water partition coefficient (Wildman–Crippen LogP) is 3.09. The number of hydrogen-bond acceptors (Lipinski definition) is 4. The summed E-state index contributed by atoms with van der Waals surface area (Å²) in [6.07, 6.45) is 5.58. The van der Waals surface area contributed by atoms with Gasteiger partial charge in [-0.15, -0.1) is 12.4 Å². The van der Waals surface area contributed by atoms with Crippen molar-refractivity contribution in [2.24, 2.45) is 23.5 Å². The predicted molar refractivity (Wildman–Crippen MR) is 96.2 cm³/mol. The quantitative estimate of drug-likeness (QED) is 0.869. The molecule has 3 rings (SSSR count). The van der Waals surface area contributed by atoms with Crippen molar-refractivity contribution in [3.63, 3.8) is 0 Å². The fourth-order valence-corrected chi connectivity index (χ4v) is 4.70. The zero-order chi connectivity index (χ0) is 16.6. The Kier molecular flexibility index (Phi) is 6.32. The molecule has 2 saturated carbocycles. The topological polar surface area (TPSA) is 81.2 Å². The lowest BCUT2D eigenvalue weighted by molar-refractivity contribution is -0.127. The molecule has 0 spiro atoms. The number of nitrogens with zero attached hydrogens (tertiary/aromatic N) is 1. The van der Waals surface area contributed by atoms with Crippen molar-refractivity contribution in [2.45, 2.75) is 64.8 Å². The second-order valence-electron chi connectivity index (χ2n) is 7.58. The van der Waals surface area contributed by atoms with Crippen LogP contribution in [-0.2, 0) is 4.79 Å². The first-order valence-corrected chi connectivity index (χ1v) is 8.93. The van der Waals surface area contributed by atoms with E-state index in [2.05, 4.69) is 17.4 Å². The number of aromatic nitrogens is 1. The number of carbonyl (C=O) groups is 1. The largest absolute Gasteiger partial charge is 0.361 e. The summed E-state index contributed by atoms with van der Waals surface area (Å²) in [5.41, 5.74) is 8.35. The standard InChI is InChI=1S/C18H29N3O2.ClH/c1-10(16-11(2)21-23-12(16)3)9-20-18(22)15-7-13-5-4-6-14(8-15)17(13)19;/h10,13-15,17H,4-9,19H2,1-3H3,(H,20,22);1H. The Morgan fingerprint density at radius 1 is 1.33 bits per heavy atom. The number of rotatable bonds is 4. The van der Waals surface area contributed by atoms with Crippen LogP contribution < -0.4 is 11.1 Å². The number of amides is 1. The van der Waals surface area contributed by atoms with Crippen LogP contribution in [0.3, 0.4) is 0 Å². The number of halogens is 1. The van der Waals surface area contributed by atoms with Crippen molar-refractivity contribution < 1.29 is 9.32 Å². The van der Waals surface area contributed by atoms with Gasteiger partial charge in [0.15, 0.2) is 0 Å². The number of hydrogen-bond donors (Lipinski definition) is 2. The number of carbonyl (C=O) groups excluding carboxylic acids is 1. The third-order valence-corrected chi connectivity index (χ3v) is 5.95. The van der Waals surface area contributed by atoms with E-state index >= 15 is 0 Å². The zero-order valence-corrected chi connectivity index (χ0v) is 15.7. The Morgan fingerprint density at radius 3 is 2.50 bits per heavy atom. The van der Waals surface area contributed by atoms with Crippen LogP contribution in [0.2, 0.25) is 0 Å². The van der Waals surface area contributed by atoms with E-state index in [1.54, 1.807) is 0 Å². The second-order valence-corrected chi connectivity index (χ2v) is 7.58. The lowest BCUT2D eigenvalue weighted by atomic mass is 9.65. The van der Waals surface area contributed by atoms with Gasteiger partial charge in [0.25, 0.3) is 0 Å². The molecule has 1 amide bonds. The fourth-order valence-electron chi connectivity index (χ4n) is 4.70. The van der Waals surface area contributed by atoms with Crippen molar-refractivity contribution in [2.75, 3.05) is 6.54 Å². The van der Waals surface area contributed by atoms with Crippen LogP contribution in [0.15, 0.2) is 4.52 Å². The first-order valence-electron chi connectivity index (χ1n) is 8.93. The van der Waals surface area contributed by atoms with Gasteiger partial charge in [-0.25, -0.2) is 0 Å². The normalized spacial score (nSPS) is 30.3. The van der Waals surface area contributed by atoms with Crippen LogP contribution in [0.4, 0.5) is 0 Å². The second kappa shape index (κ2) is 7.87. The van der Waals surface area contributed by atoms with Crippen molar-refractivity contribution in [3.05, 3.63) is 17.0 Å². The molecule has 5 nitrogen and oxygen atoms in total. The van der Waals surface area contributed by atoms with Crippen LogP contribution in [0.1, 0.15) is 62.0 Å². The number of aryl methyl sites for hydroxylation is 2. The zero-order valence-electron chi connectivity index (χ0n) is 14.9. The smallest absolute Gasteiger partial charge is 0.223 e. The van der Waals surface area contributed by atoms with Crippen LogP contribution in [0.25, 0.3) is 0 Å². The van der Waals surface area contributed by atoms with Crippen molar-refractivity contribution in [1.82, 2.24) is 10.5 Å². The number of nitrogens with two attached hydrogens (primary N) is 1. The molecule has 2 aliphatic carbocycles. The van der Waals surface area contributed by atoms with Gasteiger partial charge < -0.3 is 15.6 Å². The highest BCUT2D eigenvalue weighted by Crippen LogP contribution is 2.41. The van der Waals surface area contributed by atoms with E-state index in [9.17, 15) is 4.79 Å². The molecule has 0 saturated heterocycles. The Bertz CT molecular complexity index is 541. The summed E-state index contributed by atoms with van der Waals surface area (Å²) in [4.78, 5) is 12.6. The monoisotopic (exact) mass is 355 g/mol. The van der Waals surface area contributed by atoms with E-state index < -0.39 is 0 Å². The molecule has 2 fully saturated rings. The van der Waals surface area contributed by atoms with Gasteiger partial charge in [0, 0.05) is 30.0 Å². The van der Waals surface area contributed by atoms with E-state index in [4.69, 9.17) is 10.3 Å². The summed E-state index contributed by atoms with van der Waals surface area (Å²) in [5.74, 6) is 2.49. The highest BCUT2D eigenvalue weighted by molar-refractivity contribution is 5.85. The van der Waals surface area contributed by atoms with Crippen LogP contribution >= 0.6 is 12.4 Å². The van der Waals surface area contributed by atoms with Gasteiger partial charge in [0.05, 0.1) is 5.69 Å². The number of nitrogens with one attached hydrogen (secondary N) is 1. The fraction of sp³-hybridized carbons (Fsp3) is 0.778. The SMILES string of the molecule is Cc1noc(C)c1C(C)CNC(=O)C1CC2CCCC(C1)C2N.Cl. The molecule has 136 valence electrons. The Balaban J connectivity index is 0.00000208. The van der Waals surface area contributed by atoms with Gasteiger partial charge in [-0.05, 0) is 51.4 Å². The van der Waals surface area contributed by atoms with Crippen LogP contribution in [0, 0.1) is 31.6 Å². The van der Waals surface area contributed by atoms with Gasteiger partial charge in [0.2, 0.25) is 5.91 Å². The van der Waals surface area contributed by atoms with Gasteiger partial charge in [0.1, 0.15) is 5.76 Å². The van der Waals surface area contributed by atoms with Crippen LogP contribution in [0.5, 0.6) is 0 Å². The summed E-state index contributed by atoms with van der Waals surface area (Å²) in [5, 5.41) is 7.15. The first-order chi connectivity index (χ1) is 11.0. The maximum absolute atomic E-state index is 12.6. The summed E-state index contributed by atoms with van der Waals surface area (Å²) in [6, 6.07) is 0.314. The molecule has 0 radical (unpaired) electrons. The van der Waals surface area contributed by atoms with Gasteiger partial charge >= 0.3 is 0 Å². The van der Waals surface area contributed by atoms with E-state index in [0.717, 1.165) is 29.9 Å². The molecule has 1 heterocycles. The maximum atomic E-state index is 12.6. The lowest BCUT2D eigenvalue weighted by Crippen LogP contribution is -2.49. The lowest BCUT2D eigenvalue weighted by Gasteiger charge is -2.43. The van der Waals surface area contributed by atoms with Gasteiger partial charge in [-0.1, -0.05) is 18.5 Å². The molecule has 0 aromatic carbocycles. The Morgan fingerprint density at radius 2 is 1.96 bits per heavy atom. The van der Waals surface area contributed by atoms with E-state index in [1.165, 1.54) is 19.3 Å². The molecular weight excluding hydrogens is 326 g/mol. The first kappa shape index (κ1) is 19.3. The molecule has 1 aromatic rings. The van der Waals surface area contributed by atoms with Crippen molar-refractivity contribution >= 4 is 18.3 Å². The minimum absolute atomic E-state index is 0. The molecule has 3 N–H and O–H groups in total. The van der Waals surface area contributed by atoms with E-state index in [0.29, 0.717) is 24.4 Å². The summed E-state index contributed by atoms with van der Waals surface area (Å²) < 4.78 is 5.23. The van der Waals surface area contributed by atoms with Crippen molar-refractivity contribution in [1.29, 1.82) is 0 Å². The van der Waals surface area contributed by atoms with Crippen LogP contribution in [-0.4, -0.2) is 23.7 Å². The number of fused-ring (bicyclic) bond motifs is 2. The van der Waals surface area contributed by atoms with E-state index in [1.807, 2.05) is 13.8 Å². The molecule has 24 heavy (non-hydrogen) atoms. The summed E-state index contributed by atoms with van der Waals surface area (Å²) in [6.45, 7) is 6.63. The maximum Gasteiger partial charge on any atom is 0.223 e. The molecule has 6 heteroatoms. The molecule has 1 aromatic heterocycles. The molecule has 3 atom stereocenters. The molecule has 3 unspecified atom stereocenters. The summed E-state index contributed by atoms with van der Waals surface area (Å²) in [7, 11) is 0. The highest BCUT2D eigenvalue weighted by atomic mass is 35.5. The average molecular weight is 356 g/mol. The van der Waals surface area contributed by atoms with E-state index in [-0.39, 0.29) is 30.2 Å². The average Bonchev–Trinajstić information content (AvgIpc) is 2.83. The molecular formula is C18H30ClN3O2. The highest BCUT2D eigenvalue weighted by Gasteiger charge is 2.40. The van der Waals surface area contributed by atoms with Crippen molar-refractivity contribution in [3.8, 4) is 0 Å². The third kappa shape index (κ3) is 3.77. The molecule has 2 aliphatic rings. The third-order valence-electron chi connectivity index (χ3n) is 5.95. The minimum Gasteiger partial charge on any atom is -0.361 e. The van der Waals surface area contributed by atoms with Gasteiger partial charge in [-0.2, -0.15) is 0 Å². The minimum atomic E-state index is 0.